The first-order valence-electron chi connectivity index (χ1n) is 9.84. The molecule has 1 heterocycles. The number of carbonyl (C=O) groups excluding carboxylic acids is 1. The molecule has 3 aromatic carbocycles. The number of thioether (sulfide) groups is 1. The number of ether oxygens (including phenoxy) is 2. The summed E-state index contributed by atoms with van der Waals surface area (Å²) in [6.45, 7) is 0.773. The predicted molar refractivity (Wildman–Crippen MR) is 121 cm³/mol. The van der Waals surface area contributed by atoms with Crippen LogP contribution in [0.2, 0.25) is 0 Å². The minimum absolute atomic E-state index is 0.132. The Kier molecular flexibility index (Phi) is 6.74. The van der Waals surface area contributed by atoms with Gasteiger partial charge >= 0.3 is 0 Å². The highest BCUT2D eigenvalue weighted by Gasteiger charge is 2.13. The van der Waals surface area contributed by atoms with E-state index in [9.17, 15) is 4.79 Å². The lowest BCUT2D eigenvalue weighted by atomic mass is 10.1. The zero-order chi connectivity index (χ0) is 21.5. The Morgan fingerprint density at radius 3 is 2.55 bits per heavy atom. The number of aromatic nitrogens is 1. The average Bonchev–Trinajstić information content (AvgIpc) is 3.24. The Balaban J connectivity index is 1.30. The largest absolute Gasteiger partial charge is 0.497 e. The maximum Gasteiger partial charge on any atom is 0.257 e. The van der Waals surface area contributed by atoms with E-state index in [1.54, 1.807) is 7.11 Å². The number of amides is 1. The molecule has 1 amide bonds. The average molecular weight is 435 g/mol. The van der Waals surface area contributed by atoms with Crippen molar-refractivity contribution in [2.24, 2.45) is 0 Å². The van der Waals surface area contributed by atoms with Crippen molar-refractivity contribution in [3.8, 4) is 11.5 Å². The highest BCUT2D eigenvalue weighted by atomic mass is 32.2. The van der Waals surface area contributed by atoms with E-state index in [1.165, 1.54) is 11.8 Å². The summed E-state index contributed by atoms with van der Waals surface area (Å²) >= 11 is 1.47. The molecule has 0 spiro atoms. The molecule has 4 aromatic rings. The Morgan fingerprint density at radius 2 is 1.74 bits per heavy atom. The van der Waals surface area contributed by atoms with Gasteiger partial charge in [-0.05, 0) is 48.0 Å². The molecule has 6 nitrogen and oxygen atoms in total. The summed E-state index contributed by atoms with van der Waals surface area (Å²) < 4.78 is 16.5. The third-order valence-corrected chi connectivity index (χ3v) is 5.48. The van der Waals surface area contributed by atoms with Crippen LogP contribution in [-0.2, 0) is 5.75 Å². The van der Waals surface area contributed by atoms with Crippen molar-refractivity contribution in [2.45, 2.75) is 11.0 Å². The summed E-state index contributed by atoms with van der Waals surface area (Å²) in [6.07, 6.45) is 0. The number of fused-ring (bicyclic) bond motifs is 1. The van der Waals surface area contributed by atoms with Crippen LogP contribution in [-0.4, -0.2) is 31.2 Å². The molecule has 0 aliphatic heterocycles. The maximum atomic E-state index is 12.7. The maximum absolute atomic E-state index is 12.7. The highest BCUT2D eigenvalue weighted by molar-refractivity contribution is 7.98. The van der Waals surface area contributed by atoms with Crippen LogP contribution in [0.4, 0.5) is 0 Å². The van der Waals surface area contributed by atoms with Crippen molar-refractivity contribution in [2.75, 3.05) is 20.3 Å². The van der Waals surface area contributed by atoms with Crippen LogP contribution in [0.25, 0.3) is 11.1 Å². The lowest BCUT2D eigenvalue weighted by Gasteiger charge is -2.10. The molecule has 0 aliphatic carbocycles. The van der Waals surface area contributed by atoms with Gasteiger partial charge in [0.1, 0.15) is 23.6 Å². The molecule has 0 unspecified atom stereocenters. The molecule has 0 atom stereocenters. The third-order valence-electron chi connectivity index (χ3n) is 4.60. The summed E-state index contributed by atoms with van der Waals surface area (Å²) in [5, 5.41) is 3.50. The quantitative estimate of drug-likeness (QED) is 0.297. The van der Waals surface area contributed by atoms with Gasteiger partial charge in [0, 0.05) is 11.3 Å². The van der Waals surface area contributed by atoms with Gasteiger partial charge in [-0.2, -0.15) is 0 Å². The number of carbonyl (C=O) groups is 1. The lowest BCUT2D eigenvalue weighted by molar-refractivity contribution is 0.0946. The number of oxazole rings is 1. The zero-order valence-corrected chi connectivity index (χ0v) is 17.9. The molecule has 7 heteroatoms. The van der Waals surface area contributed by atoms with Gasteiger partial charge in [-0.1, -0.05) is 42.1 Å². The van der Waals surface area contributed by atoms with Gasteiger partial charge in [-0.3, -0.25) is 4.79 Å². The second-order valence-corrected chi connectivity index (χ2v) is 7.60. The lowest BCUT2D eigenvalue weighted by Crippen LogP contribution is -2.28. The number of hydrogen-bond donors (Lipinski definition) is 1. The molecule has 0 fully saturated rings. The first-order valence-corrected chi connectivity index (χ1v) is 10.8. The normalized spacial score (nSPS) is 10.7. The Morgan fingerprint density at radius 1 is 1.00 bits per heavy atom. The summed E-state index contributed by atoms with van der Waals surface area (Å²) in [5.41, 5.74) is 3.14. The predicted octanol–water partition coefficient (Wildman–Crippen LogP) is 4.94. The molecule has 0 radical (unpaired) electrons. The van der Waals surface area contributed by atoms with E-state index in [0.29, 0.717) is 29.7 Å². The smallest absolute Gasteiger partial charge is 0.257 e. The summed E-state index contributed by atoms with van der Waals surface area (Å²) in [4.78, 5) is 17.2. The number of rotatable bonds is 9. The van der Waals surface area contributed by atoms with E-state index in [2.05, 4.69) is 10.3 Å². The fourth-order valence-corrected chi connectivity index (χ4v) is 3.86. The number of methoxy groups -OCH3 is 1. The van der Waals surface area contributed by atoms with Gasteiger partial charge in [-0.15, -0.1) is 0 Å². The van der Waals surface area contributed by atoms with Crippen molar-refractivity contribution in [3.63, 3.8) is 0 Å². The highest BCUT2D eigenvalue weighted by Crippen LogP contribution is 2.27. The van der Waals surface area contributed by atoms with Crippen LogP contribution < -0.4 is 14.8 Å². The van der Waals surface area contributed by atoms with Gasteiger partial charge in [0.2, 0.25) is 0 Å². The van der Waals surface area contributed by atoms with Crippen LogP contribution in [0.5, 0.6) is 11.5 Å². The van der Waals surface area contributed by atoms with Crippen LogP contribution in [0.15, 0.2) is 82.4 Å². The van der Waals surface area contributed by atoms with Crippen molar-refractivity contribution < 1.29 is 18.7 Å². The molecule has 31 heavy (non-hydrogen) atoms. The first kappa shape index (κ1) is 20.8. The molecule has 4 rings (SSSR count). The number of nitrogens with one attached hydrogen (secondary N) is 1. The summed E-state index contributed by atoms with van der Waals surface area (Å²) in [6, 6.07) is 22.5. The van der Waals surface area contributed by atoms with E-state index in [1.807, 2.05) is 72.8 Å². The molecule has 1 aromatic heterocycles. The molecular formula is C24H22N2O4S. The minimum atomic E-state index is -0.132. The SMILES string of the molecule is COc1ccc(OCCNC(=O)c2ccccc2CSc2nc3ccccc3o2)cc1. The van der Waals surface area contributed by atoms with Gasteiger partial charge in [0.25, 0.3) is 11.1 Å². The van der Waals surface area contributed by atoms with Crippen molar-refractivity contribution >= 4 is 28.8 Å². The van der Waals surface area contributed by atoms with Gasteiger partial charge in [-0.25, -0.2) is 4.98 Å². The second kappa shape index (κ2) is 10.0. The number of nitrogens with zero attached hydrogens (tertiary/aromatic N) is 1. The molecular weight excluding hydrogens is 412 g/mol. The van der Waals surface area contributed by atoms with Crippen LogP contribution in [0.3, 0.4) is 0 Å². The Bertz CT molecular complexity index is 1120. The minimum Gasteiger partial charge on any atom is -0.497 e. The number of benzene rings is 3. The molecule has 0 aliphatic rings. The van der Waals surface area contributed by atoms with E-state index >= 15 is 0 Å². The van der Waals surface area contributed by atoms with E-state index in [-0.39, 0.29) is 5.91 Å². The fourth-order valence-electron chi connectivity index (χ4n) is 3.02. The number of para-hydroxylation sites is 2. The standard InChI is InChI=1S/C24H22N2O4S/c1-28-18-10-12-19(13-11-18)29-15-14-25-23(27)20-7-3-2-6-17(20)16-31-24-26-21-8-4-5-9-22(21)30-24/h2-13H,14-16H2,1H3,(H,25,27). The van der Waals surface area contributed by atoms with Gasteiger partial charge in [0.05, 0.1) is 13.7 Å². The van der Waals surface area contributed by atoms with Crippen LogP contribution in [0.1, 0.15) is 15.9 Å². The van der Waals surface area contributed by atoms with Crippen molar-refractivity contribution in [3.05, 3.63) is 83.9 Å². The molecule has 0 saturated heterocycles. The second-order valence-electron chi connectivity index (χ2n) is 6.67. The third kappa shape index (κ3) is 5.38. The van der Waals surface area contributed by atoms with Crippen molar-refractivity contribution in [1.82, 2.24) is 10.3 Å². The van der Waals surface area contributed by atoms with Gasteiger partial charge < -0.3 is 19.2 Å². The Hall–Kier alpha value is -3.45. The molecule has 0 bridgehead atoms. The van der Waals surface area contributed by atoms with Gasteiger partial charge in [0.15, 0.2) is 5.58 Å². The zero-order valence-electron chi connectivity index (χ0n) is 17.0. The topological polar surface area (TPSA) is 73.6 Å². The van der Waals surface area contributed by atoms with Crippen LogP contribution >= 0.6 is 11.8 Å². The molecule has 0 saturated carbocycles. The first-order chi connectivity index (χ1) is 15.2. The monoisotopic (exact) mass is 434 g/mol. The molecule has 158 valence electrons. The van der Waals surface area contributed by atoms with Crippen molar-refractivity contribution in [1.29, 1.82) is 0 Å². The number of hydrogen-bond acceptors (Lipinski definition) is 6. The summed E-state index contributed by atoms with van der Waals surface area (Å²) in [7, 11) is 1.62. The fraction of sp³-hybridized carbons (Fsp3) is 0.167. The van der Waals surface area contributed by atoms with E-state index in [4.69, 9.17) is 13.9 Å². The van der Waals surface area contributed by atoms with E-state index in [0.717, 1.165) is 28.2 Å². The Labute approximate surface area is 184 Å². The summed E-state index contributed by atoms with van der Waals surface area (Å²) in [5.74, 6) is 1.95. The molecule has 1 N–H and O–H groups in total. The van der Waals surface area contributed by atoms with E-state index < -0.39 is 0 Å². The van der Waals surface area contributed by atoms with Crippen LogP contribution in [0, 0.1) is 0 Å².